The number of morpholine rings is 1. The second-order valence-electron chi connectivity index (χ2n) is 7.20. The van der Waals surface area contributed by atoms with Gasteiger partial charge < -0.3 is 19.6 Å². The van der Waals surface area contributed by atoms with Crippen molar-refractivity contribution in [1.29, 1.82) is 0 Å². The molecule has 3 heterocycles. The van der Waals surface area contributed by atoms with E-state index in [9.17, 15) is 4.79 Å². The van der Waals surface area contributed by atoms with Crippen LogP contribution in [-0.4, -0.2) is 57.7 Å². The summed E-state index contributed by atoms with van der Waals surface area (Å²) in [4.78, 5) is 22.4. The van der Waals surface area contributed by atoms with E-state index in [-0.39, 0.29) is 18.1 Å². The van der Waals surface area contributed by atoms with Gasteiger partial charge in [0.25, 0.3) is 5.91 Å². The van der Waals surface area contributed by atoms with Crippen molar-refractivity contribution in [2.45, 2.75) is 37.8 Å². The summed E-state index contributed by atoms with van der Waals surface area (Å²) in [5, 5.41) is 3.08. The quantitative estimate of drug-likeness (QED) is 0.827. The van der Waals surface area contributed by atoms with Crippen LogP contribution in [0.2, 0.25) is 0 Å². The van der Waals surface area contributed by atoms with Crippen molar-refractivity contribution in [1.82, 2.24) is 24.8 Å². The lowest BCUT2D eigenvalue weighted by Gasteiger charge is -2.40. The highest BCUT2D eigenvalue weighted by atomic mass is 16.5. The minimum absolute atomic E-state index is 0.0436. The first-order chi connectivity index (χ1) is 12.7. The first-order valence-corrected chi connectivity index (χ1v) is 9.46. The number of imidazole rings is 1. The molecule has 0 aromatic carbocycles. The van der Waals surface area contributed by atoms with Crippen molar-refractivity contribution in [3.63, 3.8) is 0 Å². The summed E-state index contributed by atoms with van der Waals surface area (Å²) in [5.41, 5.74) is 2.96. The van der Waals surface area contributed by atoms with Crippen LogP contribution in [-0.2, 0) is 11.8 Å². The van der Waals surface area contributed by atoms with Gasteiger partial charge >= 0.3 is 0 Å². The van der Waals surface area contributed by atoms with Crippen LogP contribution >= 0.6 is 0 Å². The van der Waals surface area contributed by atoms with Gasteiger partial charge in [-0.1, -0.05) is 6.92 Å². The lowest BCUT2D eigenvalue weighted by atomic mass is 10.0. The van der Waals surface area contributed by atoms with Crippen LogP contribution in [0, 0.1) is 0 Å². The minimum atomic E-state index is -0.0950. The van der Waals surface area contributed by atoms with Gasteiger partial charge in [-0.25, -0.2) is 4.98 Å². The molecular weight excluding hydrogens is 330 g/mol. The zero-order valence-electron chi connectivity index (χ0n) is 15.4. The van der Waals surface area contributed by atoms with E-state index in [1.165, 1.54) is 12.8 Å². The molecule has 2 aromatic rings. The number of likely N-dealkylation sites (N-methyl/N-ethyl adjacent to an activating group) is 1. The molecule has 7 nitrogen and oxygen atoms in total. The first kappa shape index (κ1) is 17.3. The second-order valence-corrected chi connectivity index (χ2v) is 7.20. The lowest BCUT2D eigenvalue weighted by molar-refractivity contribution is -0.0706. The molecular formula is C19H27N5O2. The van der Waals surface area contributed by atoms with Crippen LogP contribution in [0.5, 0.6) is 0 Å². The zero-order valence-corrected chi connectivity index (χ0v) is 15.4. The summed E-state index contributed by atoms with van der Waals surface area (Å²) in [7, 11) is 2.00. The number of rotatable bonds is 6. The Morgan fingerprint density at radius 2 is 2.31 bits per heavy atom. The third kappa shape index (κ3) is 3.29. The van der Waals surface area contributed by atoms with Gasteiger partial charge in [0.2, 0.25) is 0 Å². The molecule has 1 aliphatic carbocycles. The normalized spacial score (nSPS) is 23.9. The number of carbonyl (C=O) groups excluding carboxylic acids is 1. The highest BCUT2D eigenvalue weighted by molar-refractivity contribution is 5.94. The molecule has 26 heavy (non-hydrogen) atoms. The van der Waals surface area contributed by atoms with Crippen LogP contribution in [0.25, 0.3) is 0 Å². The standard InChI is InChI=1S/C19H27N5O2/c1-3-24-8-9-26-16(18(24)15-10-20-12-23(15)2)11-22-19(25)17-14(6-7-21-17)13-4-5-13/h6-7,10,12-13,16,18,21H,3-5,8-9,11H2,1-2H3,(H,22,25)/t16-,18-/m0/s1. The smallest absolute Gasteiger partial charge is 0.268 e. The summed E-state index contributed by atoms with van der Waals surface area (Å²) in [6, 6.07) is 2.12. The topological polar surface area (TPSA) is 75.2 Å². The highest BCUT2D eigenvalue weighted by Gasteiger charge is 2.35. The van der Waals surface area contributed by atoms with E-state index in [0.29, 0.717) is 24.8 Å². The predicted octanol–water partition coefficient (Wildman–Crippen LogP) is 1.82. The van der Waals surface area contributed by atoms with E-state index in [1.54, 1.807) is 0 Å². The van der Waals surface area contributed by atoms with Crippen molar-refractivity contribution in [3.05, 3.63) is 41.7 Å². The van der Waals surface area contributed by atoms with Crippen molar-refractivity contribution in [3.8, 4) is 0 Å². The second kappa shape index (κ2) is 7.25. The molecule has 0 unspecified atom stereocenters. The van der Waals surface area contributed by atoms with E-state index < -0.39 is 0 Å². The molecule has 4 rings (SSSR count). The molecule has 2 N–H and O–H groups in total. The Balaban J connectivity index is 1.47. The van der Waals surface area contributed by atoms with Crippen LogP contribution in [0.1, 0.15) is 53.5 Å². The molecule has 7 heteroatoms. The molecule has 0 bridgehead atoms. The molecule has 0 spiro atoms. The van der Waals surface area contributed by atoms with E-state index in [2.05, 4.69) is 27.1 Å². The maximum atomic E-state index is 12.7. The van der Waals surface area contributed by atoms with E-state index in [4.69, 9.17) is 4.74 Å². The molecule has 2 fully saturated rings. The number of hydrogen-bond acceptors (Lipinski definition) is 4. The Hall–Kier alpha value is -2.12. The van der Waals surface area contributed by atoms with E-state index in [1.807, 2.05) is 36.4 Å². The Kier molecular flexibility index (Phi) is 4.82. The number of carbonyl (C=O) groups is 1. The fraction of sp³-hybridized carbons (Fsp3) is 0.579. The highest BCUT2D eigenvalue weighted by Crippen LogP contribution is 2.41. The zero-order chi connectivity index (χ0) is 18.1. The van der Waals surface area contributed by atoms with E-state index >= 15 is 0 Å². The Bertz CT molecular complexity index is 764. The van der Waals surface area contributed by atoms with Gasteiger partial charge in [0.05, 0.1) is 30.8 Å². The molecule has 1 aliphatic heterocycles. The maximum absolute atomic E-state index is 12.7. The number of aryl methyl sites for hydroxylation is 1. The number of aromatic amines is 1. The average Bonchev–Trinajstić information content (AvgIpc) is 3.22. The number of aromatic nitrogens is 3. The summed E-state index contributed by atoms with van der Waals surface area (Å²) < 4.78 is 8.09. The molecule has 1 amide bonds. The predicted molar refractivity (Wildman–Crippen MR) is 98.0 cm³/mol. The minimum Gasteiger partial charge on any atom is -0.373 e. The van der Waals surface area contributed by atoms with Crippen LogP contribution < -0.4 is 5.32 Å². The maximum Gasteiger partial charge on any atom is 0.268 e. The number of nitrogens with zero attached hydrogens (tertiary/aromatic N) is 3. The number of hydrogen-bond donors (Lipinski definition) is 2. The Morgan fingerprint density at radius 1 is 1.46 bits per heavy atom. The van der Waals surface area contributed by atoms with Crippen LogP contribution in [0.4, 0.5) is 0 Å². The van der Waals surface area contributed by atoms with Gasteiger partial charge in [-0.3, -0.25) is 9.69 Å². The van der Waals surface area contributed by atoms with Gasteiger partial charge in [0.15, 0.2) is 0 Å². The van der Waals surface area contributed by atoms with Crippen molar-refractivity contribution in [2.24, 2.45) is 7.05 Å². The summed E-state index contributed by atoms with van der Waals surface area (Å²) in [5.74, 6) is 0.503. The largest absolute Gasteiger partial charge is 0.373 e. The molecule has 2 atom stereocenters. The van der Waals surface area contributed by atoms with Gasteiger partial charge in [0, 0.05) is 32.5 Å². The Morgan fingerprint density at radius 3 is 3.00 bits per heavy atom. The van der Waals surface area contributed by atoms with Crippen molar-refractivity contribution >= 4 is 5.91 Å². The van der Waals surface area contributed by atoms with Crippen molar-refractivity contribution < 1.29 is 9.53 Å². The van der Waals surface area contributed by atoms with Crippen LogP contribution in [0.15, 0.2) is 24.8 Å². The molecule has 2 aromatic heterocycles. The molecule has 2 aliphatic rings. The molecule has 1 saturated heterocycles. The average molecular weight is 357 g/mol. The summed E-state index contributed by atoms with van der Waals surface area (Å²) >= 11 is 0. The number of amides is 1. The van der Waals surface area contributed by atoms with Gasteiger partial charge in [0.1, 0.15) is 5.69 Å². The third-order valence-electron chi connectivity index (χ3n) is 5.51. The monoisotopic (exact) mass is 357 g/mol. The first-order valence-electron chi connectivity index (χ1n) is 9.46. The number of ether oxygens (including phenoxy) is 1. The number of H-pyrrole nitrogens is 1. The third-order valence-corrected chi connectivity index (χ3v) is 5.51. The van der Waals surface area contributed by atoms with Gasteiger partial charge in [-0.2, -0.15) is 0 Å². The number of nitrogens with one attached hydrogen (secondary N) is 2. The molecule has 140 valence electrons. The van der Waals surface area contributed by atoms with Gasteiger partial charge in [-0.05, 0) is 36.9 Å². The lowest BCUT2D eigenvalue weighted by Crippen LogP contribution is -2.50. The fourth-order valence-electron chi connectivity index (χ4n) is 3.94. The van der Waals surface area contributed by atoms with Crippen molar-refractivity contribution in [2.75, 3.05) is 26.2 Å². The van der Waals surface area contributed by atoms with Gasteiger partial charge in [-0.15, -0.1) is 0 Å². The summed E-state index contributed by atoms with van der Waals surface area (Å²) in [6.45, 7) is 5.14. The molecule has 0 radical (unpaired) electrons. The Labute approximate surface area is 153 Å². The summed E-state index contributed by atoms with van der Waals surface area (Å²) in [6.07, 6.45) is 7.83. The van der Waals surface area contributed by atoms with Crippen LogP contribution in [0.3, 0.4) is 0 Å². The van der Waals surface area contributed by atoms with E-state index in [0.717, 1.165) is 24.3 Å². The fourth-order valence-corrected chi connectivity index (χ4v) is 3.94. The molecule has 1 saturated carbocycles. The SMILES string of the molecule is CCN1CCO[C@@H](CNC(=O)c2[nH]ccc2C2CC2)[C@@H]1c1cncn1C.